The number of aryl methyl sites for hydroxylation is 2. The first-order chi connectivity index (χ1) is 17.9. The van der Waals surface area contributed by atoms with Crippen molar-refractivity contribution in [3.8, 4) is 6.07 Å². The highest BCUT2D eigenvalue weighted by Gasteiger charge is 2.22. The van der Waals surface area contributed by atoms with E-state index in [9.17, 15) is 14.4 Å². The van der Waals surface area contributed by atoms with Crippen LogP contribution in [0.3, 0.4) is 0 Å². The molecule has 186 valence electrons. The molecule has 0 radical (unpaired) electrons. The molecule has 8 nitrogen and oxygen atoms in total. The minimum Gasteiger partial charge on any atom is -0.451 e. The van der Waals surface area contributed by atoms with Crippen molar-refractivity contribution in [2.24, 2.45) is 0 Å². The van der Waals surface area contributed by atoms with E-state index in [-0.39, 0.29) is 30.8 Å². The summed E-state index contributed by atoms with van der Waals surface area (Å²) in [7, 11) is 0. The summed E-state index contributed by atoms with van der Waals surface area (Å²) in [6, 6.07) is 23.7. The minimum absolute atomic E-state index is 0.0473. The van der Waals surface area contributed by atoms with Gasteiger partial charge in [0, 0.05) is 17.6 Å². The molecule has 8 heteroatoms. The number of esters is 1. The Morgan fingerprint density at radius 1 is 0.973 bits per heavy atom. The molecule has 0 N–H and O–H groups in total. The number of amides is 1. The number of fused-ring (bicyclic) bond motifs is 1. The number of aromatic nitrogens is 2. The molecule has 0 aliphatic rings. The molecule has 4 rings (SSSR count). The maximum absolute atomic E-state index is 13.1. The molecule has 1 aromatic heterocycles. The summed E-state index contributed by atoms with van der Waals surface area (Å²) in [6.45, 7) is 3.65. The summed E-state index contributed by atoms with van der Waals surface area (Å²) >= 11 is 0. The fourth-order valence-electron chi connectivity index (χ4n) is 4.19. The van der Waals surface area contributed by atoms with Gasteiger partial charge in [-0.15, -0.1) is 0 Å². The fourth-order valence-corrected chi connectivity index (χ4v) is 4.19. The second-order valence-corrected chi connectivity index (χ2v) is 8.72. The average Bonchev–Trinajstić information content (AvgIpc) is 2.89. The Labute approximate surface area is 214 Å². The Hall–Kier alpha value is -4.77. The van der Waals surface area contributed by atoms with Crippen LogP contribution < -0.4 is 10.5 Å². The molecule has 0 saturated carbocycles. The van der Waals surface area contributed by atoms with Crippen molar-refractivity contribution in [2.75, 3.05) is 18.1 Å². The fraction of sp³-hybridized carbons (Fsp3) is 0.207. The summed E-state index contributed by atoms with van der Waals surface area (Å²) in [5, 5.41) is 14.1. The van der Waals surface area contributed by atoms with Crippen LogP contribution in [0, 0.1) is 25.2 Å². The molecular formula is C29H26N4O4. The van der Waals surface area contributed by atoms with Crippen molar-refractivity contribution in [1.29, 1.82) is 5.26 Å². The lowest BCUT2D eigenvalue weighted by Gasteiger charge is -2.22. The predicted octanol–water partition coefficient (Wildman–Crippen LogP) is 4.17. The third-order valence-corrected chi connectivity index (χ3v) is 5.83. The molecule has 0 aliphatic heterocycles. The molecule has 1 amide bonds. The lowest BCUT2D eigenvalue weighted by molar-refractivity contribution is -0.121. The Morgan fingerprint density at radius 3 is 2.30 bits per heavy atom. The largest absolute Gasteiger partial charge is 0.451 e. The van der Waals surface area contributed by atoms with Gasteiger partial charge in [-0.2, -0.15) is 10.4 Å². The molecule has 1 heterocycles. The molecule has 4 aromatic rings. The monoisotopic (exact) mass is 494 g/mol. The number of anilines is 1. The zero-order valence-electron chi connectivity index (χ0n) is 20.7. The third kappa shape index (κ3) is 5.90. The van der Waals surface area contributed by atoms with Crippen LogP contribution in [0.5, 0.6) is 0 Å². The minimum atomic E-state index is -0.813. The quantitative estimate of drug-likeness (QED) is 0.341. The van der Waals surface area contributed by atoms with E-state index in [0.29, 0.717) is 16.5 Å². The Kier molecular flexibility index (Phi) is 7.74. The summed E-state index contributed by atoms with van der Waals surface area (Å²) in [4.78, 5) is 40.7. The van der Waals surface area contributed by atoms with Gasteiger partial charge in [0.1, 0.15) is 0 Å². The van der Waals surface area contributed by atoms with Crippen LogP contribution in [0.25, 0.3) is 10.8 Å². The SMILES string of the molecule is Cc1cc(C)cc(N(CCC#N)C(=O)COC(=O)c2nn(Cc3ccccc3)c(=O)c3ccccc23)c1. The smallest absolute Gasteiger partial charge is 0.359 e. The number of ether oxygens (including phenoxy) is 1. The predicted molar refractivity (Wildman–Crippen MR) is 140 cm³/mol. The van der Waals surface area contributed by atoms with Crippen LogP contribution >= 0.6 is 0 Å². The zero-order chi connectivity index (χ0) is 26.4. The van der Waals surface area contributed by atoms with Crippen LogP contribution in [0.1, 0.15) is 33.6 Å². The van der Waals surface area contributed by atoms with Crippen molar-refractivity contribution >= 4 is 28.3 Å². The zero-order valence-corrected chi connectivity index (χ0v) is 20.7. The number of benzene rings is 3. The second kappa shape index (κ2) is 11.3. The van der Waals surface area contributed by atoms with Crippen molar-refractivity contribution in [3.05, 3.63) is 106 Å². The normalized spacial score (nSPS) is 10.6. The van der Waals surface area contributed by atoms with Crippen LogP contribution in [0.2, 0.25) is 0 Å². The molecular weight excluding hydrogens is 468 g/mol. The van der Waals surface area contributed by atoms with Gasteiger partial charge in [0.15, 0.2) is 12.3 Å². The van der Waals surface area contributed by atoms with Gasteiger partial charge in [-0.1, -0.05) is 54.6 Å². The highest BCUT2D eigenvalue weighted by Crippen LogP contribution is 2.20. The maximum atomic E-state index is 13.1. The standard InChI is InChI=1S/C29H26N4O4/c1-20-15-21(2)17-23(16-20)32(14-8-13-30)26(34)19-37-29(36)27-24-11-6-7-12-25(24)28(35)33(31-27)18-22-9-4-3-5-10-22/h3-7,9-12,15-17H,8,14,18-19H2,1-2H3. The summed E-state index contributed by atoms with van der Waals surface area (Å²) < 4.78 is 6.62. The highest BCUT2D eigenvalue weighted by molar-refractivity contribution is 6.03. The number of hydrogen-bond acceptors (Lipinski definition) is 6. The second-order valence-electron chi connectivity index (χ2n) is 8.72. The van der Waals surface area contributed by atoms with Crippen molar-refractivity contribution in [1.82, 2.24) is 9.78 Å². The van der Waals surface area contributed by atoms with E-state index in [1.807, 2.05) is 62.4 Å². The van der Waals surface area contributed by atoms with Gasteiger partial charge in [-0.25, -0.2) is 9.48 Å². The third-order valence-electron chi connectivity index (χ3n) is 5.83. The number of carbonyl (C=O) groups is 2. The van der Waals surface area contributed by atoms with E-state index in [1.54, 1.807) is 24.3 Å². The van der Waals surface area contributed by atoms with Gasteiger partial charge in [0.2, 0.25) is 0 Å². The van der Waals surface area contributed by atoms with Crippen LogP contribution in [-0.4, -0.2) is 34.8 Å². The topological polar surface area (TPSA) is 105 Å². The van der Waals surface area contributed by atoms with Crippen molar-refractivity contribution in [2.45, 2.75) is 26.8 Å². The van der Waals surface area contributed by atoms with Gasteiger partial charge < -0.3 is 9.64 Å². The van der Waals surface area contributed by atoms with E-state index >= 15 is 0 Å². The molecule has 0 saturated heterocycles. The van der Waals surface area contributed by atoms with Crippen molar-refractivity contribution in [3.63, 3.8) is 0 Å². The lowest BCUT2D eigenvalue weighted by atomic mass is 10.1. The molecule has 3 aromatic carbocycles. The number of rotatable bonds is 8. The molecule has 0 atom stereocenters. The molecule has 0 unspecified atom stereocenters. The number of hydrogen-bond donors (Lipinski definition) is 0. The Morgan fingerprint density at radius 2 is 1.62 bits per heavy atom. The number of nitriles is 1. The van der Waals surface area contributed by atoms with E-state index in [4.69, 9.17) is 10.00 Å². The Bertz CT molecular complexity index is 1530. The Balaban J connectivity index is 1.60. The summed E-state index contributed by atoms with van der Waals surface area (Å²) in [5.41, 5.74) is 3.05. The lowest BCUT2D eigenvalue weighted by Crippen LogP contribution is -2.36. The molecule has 37 heavy (non-hydrogen) atoms. The molecule has 0 bridgehead atoms. The van der Waals surface area contributed by atoms with E-state index in [1.165, 1.54) is 9.58 Å². The van der Waals surface area contributed by atoms with E-state index in [2.05, 4.69) is 11.2 Å². The molecule has 0 fully saturated rings. The first-order valence-electron chi connectivity index (χ1n) is 11.8. The first kappa shape index (κ1) is 25.3. The summed E-state index contributed by atoms with van der Waals surface area (Å²) in [5.74, 6) is -1.28. The van der Waals surface area contributed by atoms with Gasteiger partial charge >= 0.3 is 5.97 Å². The van der Waals surface area contributed by atoms with E-state index < -0.39 is 18.5 Å². The molecule has 0 aliphatic carbocycles. The average molecular weight is 495 g/mol. The maximum Gasteiger partial charge on any atom is 0.359 e. The van der Waals surface area contributed by atoms with Crippen LogP contribution in [-0.2, 0) is 16.1 Å². The van der Waals surface area contributed by atoms with Gasteiger partial charge in [0.05, 0.1) is 24.4 Å². The molecule has 0 spiro atoms. The van der Waals surface area contributed by atoms with Gasteiger partial charge in [-0.05, 0) is 48.7 Å². The number of nitrogens with zero attached hydrogens (tertiary/aromatic N) is 4. The van der Waals surface area contributed by atoms with Gasteiger partial charge in [-0.3, -0.25) is 9.59 Å². The van der Waals surface area contributed by atoms with Crippen LogP contribution in [0.4, 0.5) is 5.69 Å². The van der Waals surface area contributed by atoms with Crippen LogP contribution in [0.15, 0.2) is 77.6 Å². The first-order valence-corrected chi connectivity index (χ1v) is 11.8. The van der Waals surface area contributed by atoms with E-state index in [0.717, 1.165) is 16.7 Å². The highest BCUT2D eigenvalue weighted by atomic mass is 16.5. The van der Waals surface area contributed by atoms with Crippen molar-refractivity contribution < 1.29 is 14.3 Å². The summed E-state index contributed by atoms with van der Waals surface area (Å²) in [6.07, 6.45) is 0.128. The number of carbonyl (C=O) groups excluding carboxylic acids is 2. The van der Waals surface area contributed by atoms with Gasteiger partial charge in [0.25, 0.3) is 11.5 Å².